The third-order valence-corrected chi connectivity index (χ3v) is 5.50. The maximum atomic E-state index is 12.2. The van der Waals surface area contributed by atoms with Gasteiger partial charge in [-0.15, -0.1) is 0 Å². The second kappa shape index (κ2) is 9.70. The molecule has 3 aromatic rings. The predicted octanol–water partition coefficient (Wildman–Crippen LogP) is 3.61. The quantitative estimate of drug-likeness (QED) is 0.590. The van der Waals surface area contributed by atoms with Gasteiger partial charge in [0.2, 0.25) is 5.88 Å². The lowest BCUT2D eigenvalue weighted by atomic mass is 10.2. The summed E-state index contributed by atoms with van der Waals surface area (Å²) in [7, 11) is -3.33. The minimum Gasteiger partial charge on any atom is -0.437 e. The van der Waals surface area contributed by atoms with Crippen LogP contribution in [0.25, 0.3) is 0 Å². The highest BCUT2D eigenvalue weighted by Gasteiger charge is 2.14. The molecule has 0 spiro atoms. The number of hydrogen-bond donors (Lipinski definition) is 2. The summed E-state index contributed by atoms with van der Waals surface area (Å²) in [5.74, 6) is 0.608. The van der Waals surface area contributed by atoms with Crippen LogP contribution in [0.5, 0.6) is 11.6 Å². The Balaban J connectivity index is 1.52. The molecule has 0 fully saturated rings. The summed E-state index contributed by atoms with van der Waals surface area (Å²) in [6.07, 6.45) is 1.55. The second-order valence-electron chi connectivity index (χ2n) is 6.23. The molecule has 3 rings (SSSR count). The number of amides is 2. The number of nitrogens with one attached hydrogen (secondary N) is 2. The zero-order chi connectivity index (χ0) is 20.5. The summed E-state index contributed by atoms with van der Waals surface area (Å²) < 4.78 is 30.1. The Morgan fingerprint density at radius 2 is 1.62 bits per heavy atom. The molecular formula is C21H21N3O4S. The number of carbonyl (C=O) groups excluding carboxylic acids is 1. The number of ether oxygens (including phenoxy) is 1. The van der Waals surface area contributed by atoms with Crippen molar-refractivity contribution in [3.05, 3.63) is 84.6 Å². The number of pyridine rings is 1. The summed E-state index contributed by atoms with van der Waals surface area (Å²) >= 11 is 0. The van der Waals surface area contributed by atoms with Crippen LogP contribution in [-0.2, 0) is 15.6 Å². The fourth-order valence-corrected chi connectivity index (χ4v) is 3.81. The van der Waals surface area contributed by atoms with Crippen molar-refractivity contribution in [2.45, 2.75) is 5.75 Å². The number of carbonyl (C=O) groups is 1. The van der Waals surface area contributed by atoms with E-state index in [0.717, 1.165) is 5.56 Å². The number of benzene rings is 2. The Labute approximate surface area is 169 Å². The minimum absolute atomic E-state index is 0.00383. The Morgan fingerprint density at radius 3 is 2.34 bits per heavy atom. The van der Waals surface area contributed by atoms with E-state index in [-0.39, 0.29) is 23.9 Å². The van der Waals surface area contributed by atoms with E-state index in [0.29, 0.717) is 11.4 Å². The largest absolute Gasteiger partial charge is 0.437 e. The molecule has 0 aliphatic carbocycles. The highest BCUT2D eigenvalue weighted by molar-refractivity contribution is 7.90. The Bertz CT molecular complexity index is 1040. The van der Waals surface area contributed by atoms with Gasteiger partial charge in [0.25, 0.3) is 0 Å². The first-order valence-corrected chi connectivity index (χ1v) is 10.8. The topological polar surface area (TPSA) is 97.4 Å². The maximum absolute atomic E-state index is 12.2. The molecular weight excluding hydrogens is 390 g/mol. The molecule has 1 heterocycles. The van der Waals surface area contributed by atoms with E-state index < -0.39 is 15.9 Å². The van der Waals surface area contributed by atoms with Gasteiger partial charge in [-0.3, -0.25) is 0 Å². The van der Waals surface area contributed by atoms with Crippen molar-refractivity contribution in [3.8, 4) is 11.6 Å². The van der Waals surface area contributed by atoms with E-state index in [2.05, 4.69) is 15.6 Å². The first-order chi connectivity index (χ1) is 14.0. The smallest absolute Gasteiger partial charge is 0.319 e. The van der Waals surface area contributed by atoms with Gasteiger partial charge in [0.1, 0.15) is 11.4 Å². The molecule has 2 aromatic carbocycles. The molecule has 7 nitrogen and oxygen atoms in total. The van der Waals surface area contributed by atoms with Gasteiger partial charge in [0.05, 0.1) is 11.5 Å². The van der Waals surface area contributed by atoms with E-state index >= 15 is 0 Å². The van der Waals surface area contributed by atoms with E-state index in [1.165, 1.54) is 0 Å². The molecule has 0 bridgehead atoms. The summed E-state index contributed by atoms with van der Waals surface area (Å²) in [4.78, 5) is 16.3. The van der Waals surface area contributed by atoms with Crippen molar-refractivity contribution in [1.29, 1.82) is 0 Å². The van der Waals surface area contributed by atoms with E-state index in [1.807, 2.05) is 24.3 Å². The standard InChI is InChI=1S/C21H21N3O4S/c25-21(23-14-15-29(26,27)16-17-8-3-1-4-9-17)24-19-12-7-13-22-20(19)28-18-10-5-2-6-11-18/h1-13H,14-16H2,(H2,23,24,25). The van der Waals surface area contributed by atoms with Crippen LogP contribution >= 0.6 is 0 Å². The van der Waals surface area contributed by atoms with Crippen molar-refractivity contribution < 1.29 is 17.9 Å². The van der Waals surface area contributed by atoms with Gasteiger partial charge in [-0.05, 0) is 29.8 Å². The second-order valence-corrected chi connectivity index (χ2v) is 8.41. The third-order valence-electron chi connectivity index (χ3n) is 3.91. The predicted molar refractivity (Wildman–Crippen MR) is 112 cm³/mol. The number of aromatic nitrogens is 1. The Hall–Kier alpha value is -3.39. The molecule has 0 aliphatic heterocycles. The Kier molecular flexibility index (Phi) is 6.80. The van der Waals surface area contributed by atoms with E-state index in [4.69, 9.17) is 4.74 Å². The molecule has 0 aliphatic rings. The number of nitrogens with zero attached hydrogens (tertiary/aromatic N) is 1. The highest BCUT2D eigenvalue weighted by Crippen LogP contribution is 2.26. The van der Waals surface area contributed by atoms with Gasteiger partial charge in [0, 0.05) is 12.7 Å². The van der Waals surface area contributed by atoms with Crippen LogP contribution < -0.4 is 15.4 Å². The SMILES string of the molecule is O=C(NCCS(=O)(=O)Cc1ccccc1)Nc1cccnc1Oc1ccccc1. The monoisotopic (exact) mass is 411 g/mol. The maximum Gasteiger partial charge on any atom is 0.319 e. The average Bonchev–Trinajstić information content (AvgIpc) is 2.70. The van der Waals surface area contributed by atoms with Crippen molar-refractivity contribution in [2.24, 2.45) is 0 Å². The van der Waals surface area contributed by atoms with E-state index in [9.17, 15) is 13.2 Å². The first kappa shape index (κ1) is 20.3. The van der Waals surface area contributed by atoms with Crippen molar-refractivity contribution in [3.63, 3.8) is 0 Å². The van der Waals surface area contributed by atoms with E-state index in [1.54, 1.807) is 54.7 Å². The molecule has 2 N–H and O–H groups in total. The van der Waals surface area contributed by atoms with Crippen LogP contribution in [0.2, 0.25) is 0 Å². The van der Waals surface area contributed by atoms with Gasteiger partial charge in [0.15, 0.2) is 9.84 Å². The number of hydrogen-bond acceptors (Lipinski definition) is 5. The molecule has 0 radical (unpaired) electrons. The summed E-state index contributed by atoms with van der Waals surface area (Å²) in [6, 6.07) is 20.8. The van der Waals surface area contributed by atoms with Gasteiger partial charge in [-0.25, -0.2) is 18.2 Å². The highest BCUT2D eigenvalue weighted by atomic mass is 32.2. The van der Waals surface area contributed by atoms with Crippen molar-refractivity contribution >= 4 is 21.6 Å². The van der Waals surface area contributed by atoms with Crippen LogP contribution in [-0.4, -0.2) is 31.7 Å². The van der Waals surface area contributed by atoms with Crippen LogP contribution in [0.1, 0.15) is 5.56 Å². The number of para-hydroxylation sites is 1. The number of sulfone groups is 1. The molecule has 8 heteroatoms. The summed E-state index contributed by atoms with van der Waals surface area (Å²) in [6.45, 7) is -0.00383. The van der Waals surface area contributed by atoms with Crippen molar-refractivity contribution in [2.75, 3.05) is 17.6 Å². The molecule has 1 aromatic heterocycles. The fraction of sp³-hybridized carbons (Fsp3) is 0.143. The van der Waals surface area contributed by atoms with Crippen molar-refractivity contribution in [1.82, 2.24) is 10.3 Å². The van der Waals surface area contributed by atoms with Crippen LogP contribution in [0.3, 0.4) is 0 Å². The minimum atomic E-state index is -3.33. The lowest BCUT2D eigenvalue weighted by Gasteiger charge is -2.12. The summed E-state index contributed by atoms with van der Waals surface area (Å²) in [5, 5.41) is 5.19. The zero-order valence-electron chi connectivity index (χ0n) is 15.6. The molecule has 2 amide bonds. The summed E-state index contributed by atoms with van der Waals surface area (Å²) in [5.41, 5.74) is 1.09. The van der Waals surface area contributed by atoms with Crippen LogP contribution in [0, 0.1) is 0 Å². The number of anilines is 1. The normalized spacial score (nSPS) is 10.9. The first-order valence-electron chi connectivity index (χ1n) is 8.99. The van der Waals surface area contributed by atoms with Gasteiger partial charge in [-0.2, -0.15) is 0 Å². The molecule has 0 saturated heterocycles. The molecule has 150 valence electrons. The zero-order valence-corrected chi connectivity index (χ0v) is 16.4. The number of urea groups is 1. The van der Waals surface area contributed by atoms with Crippen LogP contribution in [0.15, 0.2) is 79.0 Å². The average molecular weight is 411 g/mol. The Morgan fingerprint density at radius 1 is 0.931 bits per heavy atom. The molecule has 0 unspecified atom stereocenters. The number of rotatable bonds is 8. The molecule has 0 saturated carbocycles. The van der Waals surface area contributed by atoms with Gasteiger partial charge >= 0.3 is 6.03 Å². The third kappa shape index (κ3) is 6.62. The lowest BCUT2D eigenvalue weighted by molar-refractivity contribution is 0.252. The molecule has 29 heavy (non-hydrogen) atoms. The van der Waals surface area contributed by atoms with Crippen LogP contribution in [0.4, 0.5) is 10.5 Å². The fourth-order valence-electron chi connectivity index (χ4n) is 2.55. The molecule has 0 atom stereocenters. The lowest BCUT2D eigenvalue weighted by Crippen LogP contribution is -2.33. The van der Waals surface area contributed by atoms with Gasteiger partial charge in [-0.1, -0.05) is 48.5 Å². The van der Waals surface area contributed by atoms with Gasteiger partial charge < -0.3 is 15.4 Å².